The molecule has 0 spiro atoms. The van der Waals surface area contributed by atoms with Crippen molar-refractivity contribution >= 4 is 22.8 Å². The molecule has 1 aromatic heterocycles. The van der Waals surface area contributed by atoms with Gasteiger partial charge in [-0.1, -0.05) is 32.9 Å². The number of benzene rings is 2. The largest absolute Gasteiger partial charge is 0.462 e. The van der Waals surface area contributed by atoms with E-state index in [0.717, 1.165) is 12.1 Å². The number of carbonyl (C=O) groups is 2. The van der Waals surface area contributed by atoms with E-state index in [2.05, 4.69) is 10.3 Å². The Balaban J connectivity index is 1.96. The van der Waals surface area contributed by atoms with Crippen LogP contribution in [0.4, 0.5) is 8.78 Å². The Morgan fingerprint density at radius 1 is 1.07 bits per heavy atom. The maximum atomic E-state index is 13.4. The molecular weight excluding hydrogens is 390 g/mol. The number of amides is 1. The molecule has 0 saturated carbocycles. The highest BCUT2D eigenvalue weighted by Crippen LogP contribution is 2.32. The minimum absolute atomic E-state index is 0.0488. The average Bonchev–Trinajstić information content (AvgIpc) is 3.08. The van der Waals surface area contributed by atoms with Gasteiger partial charge in [0.05, 0.1) is 17.7 Å². The maximum absolute atomic E-state index is 13.4. The van der Waals surface area contributed by atoms with E-state index in [1.807, 2.05) is 20.8 Å². The van der Waals surface area contributed by atoms with Crippen LogP contribution in [0.25, 0.3) is 10.9 Å². The lowest BCUT2D eigenvalue weighted by Gasteiger charge is -2.19. The number of esters is 1. The van der Waals surface area contributed by atoms with Gasteiger partial charge in [0.25, 0.3) is 5.91 Å². The number of hydrogen-bond donors (Lipinski definition) is 2. The standard InChI is InChI=1S/C23H24F2N2O3/c1-5-30-22(29)14-7-8-15-18(11-14)27-20(23(2,3)4)19(15)21(28)26-12-13-6-9-16(24)17(25)10-13/h6-11,27H,5,12H2,1-4H3,(H,26,28). The lowest BCUT2D eigenvalue weighted by atomic mass is 9.88. The summed E-state index contributed by atoms with van der Waals surface area (Å²) in [6, 6.07) is 8.49. The first-order valence-electron chi connectivity index (χ1n) is 9.67. The zero-order valence-corrected chi connectivity index (χ0v) is 17.4. The highest BCUT2D eigenvalue weighted by atomic mass is 19.2. The molecular formula is C23H24F2N2O3. The molecule has 7 heteroatoms. The Hall–Kier alpha value is -3.22. The van der Waals surface area contributed by atoms with Gasteiger partial charge >= 0.3 is 5.97 Å². The molecule has 0 aliphatic rings. The molecule has 0 saturated heterocycles. The molecule has 0 unspecified atom stereocenters. The molecule has 158 valence electrons. The lowest BCUT2D eigenvalue weighted by molar-refractivity contribution is 0.0526. The molecule has 3 aromatic rings. The van der Waals surface area contributed by atoms with Crippen LogP contribution in [-0.2, 0) is 16.7 Å². The number of H-pyrrole nitrogens is 1. The summed E-state index contributed by atoms with van der Waals surface area (Å²) in [6.07, 6.45) is 0. The van der Waals surface area contributed by atoms with Crippen molar-refractivity contribution in [2.24, 2.45) is 0 Å². The fourth-order valence-electron chi connectivity index (χ4n) is 3.26. The van der Waals surface area contributed by atoms with Gasteiger partial charge in [-0.25, -0.2) is 13.6 Å². The molecule has 0 fully saturated rings. The summed E-state index contributed by atoms with van der Waals surface area (Å²) in [5.41, 5.74) is 2.27. The number of carbonyl (C=O) groups excluding carboxylic acids is 2. The minimum Gasteiger partial charge on any atom is -0.462 e. The van der Waals surface area contributed by atoms with Crippen LogP contribution in [0.5, 0.6) is 0 Å². The average molecular weight is 414 g/mol. The zero-order valence-electron chi connectivity index (χ0n) is 17.4. The van der Waals surface area contributed by atoms with Crippen LogP contribution >= 0.6 is 0 Å². The Labute approximate surface area is 173 Å². The van der Waals surface area contributed by atoms with Crippen molar-refractivity contribution in [3.63, 3.8) is 0 Å². The first-order chi connectivity index (χ1) is 14.1. The van der Waals surface area contributed by atoms with Gasteiger partial charge in [-0.05, 0) is 36.8 Å². The summed E-state index contributed by atoms with van der Waals surface area (Å²) in [5, 5.41) is 3.43. The third kappa shape index (κ3) is 4.35. The van der Waals surface area contributed by atoms with E-state index in [4.69, 9.17) is 4.74 Å². The summed E-state index contributed by atoms with van der Waals surface area (Å²) in [5.74, 6) is -2.68. The van der Waals surface area contributed by atoms with Gasteiger partial charge in [0, 0.05) is 28.6 Å². The first kappa shape index (κ1) is 21.5. The predicted molar refractivity (Wildman–Crippen MR) is 110 cm³/mol. The van der Waals surface area contributed by atoms with Gasteiger partial charge in [0.15, 0.2) is 11.6 Å². The summed E-state index contributed by atoms with van der Waals surface area (Å²) in [7, 11) is 0. The maximum Gasteiger partial charge on any atom is 0.338 e. The van der Waals surface area contributed by atoms with E-state index < -0.39 is 17.6 Å². The molecule has 5 nitrogen and oxygen atoms in total. The van der Waals surface area contributed by atoms with E-state index >= 15 is 0 Å². The summed E-state index contributed by atoms with van der Waals surface area (Å²) in [4.78, 5) is 28.4. The molecule has 0 radical (unpaired) electrons. The van der Waals surface area contributed by atoms with E-state index in [0.29, 0.717) is 33.3 Å². The van der Waals surface area contributed by atoms with Crippen molar-refractivity contribution in [1.82, 2.24) is 10.3 Å². The third-order valence-electron chi connectivity index (χ3n) is 4.72. The topological polar surface area (TPSA) is 71.2 Å². The second kappa shape index (κ2) is 8.26. The van der Waals surface area contributed by atoms with Crippen molar-refractivity contribution in [2.45, 2.75) is 39.7 Å². The van der Waals surface area contributed by atoms with Crippen LogP contribution in [0.2, 0.25) is 0 Å². The molecule has 2 aromatic carbocycles. The SMILES string of the molecule is CCOC(=O)c1ccc2c(C(=O)NCc3ccc(F)c(F)c3)c(C(C)(C)C)[nH]c2c1. The van der Waals surface area contributed by atoms with Crippen molar-refractivity contribution < 1.29 is 23.1 Å². The third-order valence-corrected chi connectivity index (χ3v) is 4.72. The van der Waals surface area contributed by atoms with E-state index in [-0.39, 0.29) is 24.5 Å². The van der Waals surface area contributed by atoms with Crippen molar-refractivity contribution in [3.05, 3.63) is 70.4 Å². The number of rotatable bonds is 5. The highest BCUT2D eigenvalue weighted by Gasteiger charge is 2.27. The Morgan fingerprint density at radius 2 is 1.80 bits per heavy atom. The van der Waals surface area contributed by atoms with Gasteiger partial charge in [-0.3, -0.25) is 4.79 Å². The van der Waals surface area contributed by atoms with Crippen LogP contribution in [0, 0.1) is 11.6 Å². The number of nitrogens with one attached hydrogen (secondary N) is 2. The number of ether oxygens (including phenoxy) is 1. The van der Waals surface area contributed by atoms with Gasteiger partial charge in [-0.2, -0.15) is 0 Å². The first-order valence-corrected chi connectivity index (χ1v) is 9.67. The molecule has 2 N–H and O–H groups in total. The Morgan fingerprint density at radius 3 is 2.43 bits per heavy atom. The van der Waals surface area contributed by atoms with Crippen LogP contribution in [-0.4, -0.2) is 23.5 Å². The van der Waals surface area contributed by atoms with Gasteiger partial charge in [0.1, 0.15) is 0 Å². The van der Waals surface area contributed by atoms with Crippen LogP contribution in [0.1, 0.15) is 59.7 Å². The molecule has 0 aliphatic carbocycles. The Bertz CT molecular complexity index is 1110. The van der Waals surface area contributed by atoms with Crippen molar-refractivity contribution in [3.8, 4) is 0 Å². The number of fused-ring (bicyclic) bond motifs is 1. The van der Waals surface area contributed by atoms with Gasteiger partial charge in [0.2, 0.25) is 0 Å². The lowest BCUT2D eigenvalue weighted by Crippen LogP contribution is -2.26. The normalized spacial score (nSPS) is 11.5. The Kier molecular flexibility index (Phi) is 5.92. The fourth-order valence-corrected chi connectivity index (χ4v) is 3.26. The molecule has 0 atom stereocenters. The molecule has 3 rings (SSSR count). The number of aromatic nitrogens is 1. The second-order valence-electron chi connectivity index (χ2n) is 8.04. The van der Waals surface area contributed by atoms with Crippen molar-refractivity contribution in [1.29, 1.82) is 0 Å². The van der Waals surface area contributed by atoms with Crippen LogP contribution in [0.3, 0.4) is 0 Å². The summed E-state index contributed by atoms with van der Waals surface area (Å²) < 4.78 is 31.6. The smallest absolute Gasteiger partial charge is 0.338 e. The monoisotopic (exact) mass is 414 g/mol. The summed E-state index contributed by atoms with van der Waals surface area (Å²) in [6.45, 7) is 7.96. The minimum atomic E-state index is -0.962. The van der Waals surface area contributed by atoms with Crippen LogP contribution in [0.15, 0.2) is 36.4 Å². The number of hydrogen-bond acceptors (Lipinski definition) is 3. The van der Waals surface area contributed by atoms with E-state index in [1.54, 1.807) is 25.1 Å². The number of halogens is 2. The summed E-state index contributed by atoms with van der Waals surface area (Å²) >= 11 is 0. The molecule has 0 aliphatic heterocycles. The zero-order chi connectivity index (χ0) is 22.1. The quantitative estimate of drug-likeness (QED) is 0.587. The molecule has 1 heterocycles. The highest BCUT2D eigenvalue weighted by molar-refractivity contribution is 6.09. The second-order valence-corrected chi connectivity index (χ2v) is 8.04. The van der Waals surface area contributed by atoms with Crippen LogP contribution < -0.4 is 5.32 Å². The van der Waals surface area contributed by atoms with Crippen molar-refractivity contribution in [2.75, 3.05) is 6.61 Å². The molecule has 1 amide bonds. The number of aromatic amines is 1. The van der Waals surface area contributed by atoms with E-state index in [1.165, 1.54) is 6.07 Å². The van der Waals surface area contributed by atoms with Gasteiger partial charge in [-0.15, -0.1) is 0 Å². The fraction of sp³-hybridized carbons (Fsp3) is 0.304. The van der Waals surface area contributed by atoms with E-state index in [9.17, 15) is 18.4 Å². The predicted octanol–water partition coefficient (Wildman–Crippen LogP) is 4.85. The van der Waals surface area contributed by atoms with Gasteiger partial charge < -0.3 is 15.0 Å². The molecule has 0 bridgehead atoms. The molecule has 30 heavy (non-hydrogen) atoms.